The van der Waals surface area contributed by atoms with Gasteiger partial charge >= 0.3 is 0 Å². The van der Waals surface area contributed by atoms with Gasteiger partial charge in [0.25, 0.3) is 0 Å². The summed E-state index contributed by atoms with van der Waals surface area (Å²) < 4.78 is 5.18. The first-order valence-electron chi connectivity index (χ1n) is 4.87. The highest BCUT2D eigenvalue weighted by Crippen LogP contribution is 2.45. The molecule has 2 rings (SSSR count). The SMILES string of the molecule is Cc1noc(C2CCC(C)(C)C2)n1. The molecule has 72 valence electrons. The molecule has 1 saturated carbocycles. The highest BCUT2D eigenvalue weighted by atomic mass is 16.5. The van der Waals surface area contributed by atoms with Gasteiger partial charge in [-0.2, -0.15) is 4.98 Å². The topological polar surface area (TPSA) is 38.9 Å². The van der Waals surface area contributed by atoms with E-state index in [1.54, 1.807) is 0 Å². The molecule has 13 heavy (non-hydrogen) atoms. The molecule has 0 N–H and O–H groups in total. The van der Waals surface area contributed by atoms with Crippen molar-refractivity contribution in [1.82, 2.24) is 10.1 Å². The predicted molar refractivity (Wildman–Crippen MR) is 49.4 cm³/mol. The van der Waals surface area contributed by atoms with Gasteiger partial charge in [0.05, 0.1) is 0 Å². The molecule has 3 nitrogen and oxygen atoms in total. The molecule has 1 fully saturated rings. The average molecular weight is 180 g/mol. The summed E-state index contributed by atoms with van der Waals surface area (Å²) in [4.78, 5) is 4.28. The Morgan fingerprint density at radius 3 is 2.69 bits per heavy atom. The number of hydrogen-bond acceptors (Lipinski definition) is 3. The third kappa shape index (κ3) is 1.74. The van der Waals surface area contributed by atoms with Crippen LogP contribution in [0.2, 0.25) is 0 Å². The molecule has 3 heteroatoms. The summed E-state index contributed by atoms with van der Waals surface area (Å²) in [5.41, 5.74) is 0.451. The molecule has 1 aromatic rings. The van der Waals surface area contributed by atoms with E-state index in [1.807, 2.05) is 6.92 Å². The van der Waals surface area contributed by atoms with Gasteiger partial charge in [0.1, 0.15) is 0 Å². The Hall–Kier alpha value is -0.860. The van der Waals surface area contributed by atoms with Crippen molar-refractivity contribution in [1.29, 1.82) is 0 Å². The first-order valence-corrected chi connectivity index (χ1v) is 4.87. The summed E-state index contributed by atoms with van der Waals surface area (Å²) in [5, 5.41) is 3.82. The number of nitrogens with zero attached hydrogens (tertiary/aromatic N) is 2. The molecule has 0 radical (unpaired) electrons. The molecule has 1 aromatic heterocycles. The smallest absolute Gasteiger partial charge is 0.229 e. The Balaban J connectivity index is 2.12. The average Bonchev–Trinajstić information content (AvgIpc) is 2.56. The van der Waals surface area contributed by atoms with E-state index in [0.29, 0.717) is 11.3 Å². The van der Waals surface area contributed by atoms with Gasteiger partial charge in [0.15, 0.2) is 5.82 Å². The van der Waals surface area contributed by atoms with Gasteiger partial charge in [0.2, 0.25) is 5.89 Å². The molecule has 0 amide bonds. The maximum Gasteiger partial charge on any atom is 0.229 e. The number of rotatable bonds is 1. The number of aromatic nitrogens is 2. The normalized spacial score (nSPS) is 26.5. The molecular formula is C10H16N2O. The zero-order chi connectivity index (χ0) is 9.47. The van der Waals surface area contributed by atoms with Gasteiger partial charge in [-0.25, -0.2) is 0 Å². The van der Waals surface area contributed by atoms with Crippen LogP contribution in [0, 0.1) is 12.3 Å². The van der Waals surface area contributed by atoms with Crippen LogP contribution < -0.4 is 0 Å². The molecule has 0 spiro atoms. The molecule has 0 aromatic carbocycles. The third-order valence-corrected chi connectivity index (χ3v) is 2.86. The zero-order valence-corrected chi connectivity index (χ0v) is 8.50. The summed E-state index contributed by atoms with van der Waals surface area (Å²) in [7, 11) is 0. The van der Waals surface area contributed by atoms with Crippen LogP contribution in [0.5, 0.6) is 0 Å². The van der Waals surface area contributed by atoms with Crippen molar-refractivity contribution in [3.8, 4) is 0 Å². The maximum absolute atomic E-state index is 5.18. The lowest BCUT2D eigenvalue weighted by atomic mass is 9.90. The Morgan fingerprint density at radius 1 is 1.46 bits per heavy atom. The summed E-state index contributed by atoms with van der Waals surface area (Å²) in [5.74, 6) is 2.08. The monoisotopic (exact) mass is 180 g/mol. The minimum atomic E-state index is 0.451. The lowest BCUT2D eigenvalue weighted by molar-refractivity contribution is 0.330. The largest absolute Gasteiger partial charge is 0.339 e. The quantitative estimate of drug-likeness (QED) is 0.667. The lowest BCUT2D eigenvalue weighted by Crippen LogP contribution is -2.04. The second-order valence-electron chi connectivity index (χ2n) is 4.78. The lowest BCUT2D eigenvalue weighted by Gasteiger charge is -2.15. The van der Waals surface area contributed by atoms with E-state index in [9.17, 15) is 0 Å². The van der Waals surface area contributed by atoms with Crippen LogP contribution in [0.25, 0.3) is 0 Å². The van der Waals surface area contributed by atoms with Gasteiger partial charge in [-0.3, -0.25) is 0 Å². The standard InChI is InChI=1S/C10H16N2O/c1-7-11-9(13-12-7)8-4-5-10(2,3)6-8/h8H,4-6H2,1-3H3. The van der Waals surface area contributed by atoms with Crippen molar-refractivity contribution in [3.05, 3.63) is 11.7 Å². The van der Waals surface area contributed by atoms with E-state index in [-0.39, 0.29) is 0 Å². The van der Waals surface area contributed by atoms with Gasteiger partial charge in [0, 0.05) is 5.92 Å². The highest BCUT2D eigenvalue weighted by molar-refractivity contribution is 4.99. The molecule has 1 aliphatic rings. The third-order valence-electron chi connectivity index (χ3n) is 2.86. The van der Waals surface area contributed by atoms with Gasteiger partial charge in [-0.15, -0.1) is 0 Å². The number of hydrogen-bond donors (Lipinski definition) is 0. The van der Waals surface area contributed by atoms with E-state index in [1.165, 1.54) is 19.3 Å². The summed E-state index contributed by atoms with van der Waals surface area (Å²) >= 11 is 0. The van der Waals surface area contributed by atoms with Crippen LogP contribution >= 0.6 is 0 Å². The molecule has 0 bridgehead atoms. The molecule has 0 saturated heterocycles. The molecule has 1 aliphatic carbocycles. The van der Waals surface area contributed by atoms with E-state index in [2.05, 4.69) is 24.0 Å². The fourth-order valence-corrected chi connectivity index (χ4v) is 2.13. The second-order valence-corrected chi connectivity index (χ2v) is 4.78. The second kappa shape index (κ2) is 2.82. The van der Waals surface area contributed by atoms with Crippen LogP contribution in [-0.2, 0) is 0 Å². The van der Waals surface area contributed by atoms with Crippen molar-refractivity contribution in [3.63, 3.8) is 0 Å². The summed E-state index contributed by atoms with van der Waals surface area (Å²) in [6, 6.07) is 0. The minimum absolute atomic E-state index is 0.451. The molecular weight excluding hydrogens is 164 g/mol. The molecule has 1 heterocycles. The van der Waals surface area contributed by atoms with Crippen LogP contribution in [0.15, 0.2) is 4.52 Å². The van der Waals surface area contributed by atoms with Crippen LogP contribution in [-0.4, -0.2) is 10.1 Å². The Labute approximate surface area is 78.5 Å². The first kappa shape index (κ1) is 8.73. The van der Waals surface area contributed by atoms with Crippen molar-refractivity contribution in [2.75, 3.05) is 0 Å². The van der Waals surface area contributed by atoms with E-state index >= 15 is 0 Å². The highest BCUT2D eigenvalue weighted by Gasteiger charge is 2.34. The van der Waals surface area contributed by atoms with Crippen molar-refractivity contribution in [2.45, 2.75) is 46.0 Å². The van der Waals surface area contributed by atoms with Crippen LogP contribution in [0.1, 0.15) is 50.7 Å². The van der Waals surface area contributed by atoms with Crippen molar-refractivity contribution < 1.29 is 4.52 Å². The van der Waals surface area contributed by atoms with E-state index in [4.69, 9.17) is 4.52 Å². The molecule has 0 aliphatic heterocycles. The number of aryl methyl sites for hydroxylation is 1. The zero-order valence-electron chi connectivity index (χ0n) is 8.50. The Morgan fingerprint density at radius 2 is 2.23 bits per heavy atom. The first-order chi connectivity index (χ1) is 6.07. The molecule has 1 atom stereocenters. The van der Waals surface area contributed by atoms with E-state index in [0.717, 1.165) is 11.7 Å². The summed E-state index contributed by atoms with van der Waals surface area (Å²) in [6.07, 6.45) is 3.63. The van der Waals surface area contributed by atoms with Crippen LogP contribution in [0.4, 0.5) is 0 Å². The predicted octanol–water partition coefficient (Wildman–Crippen LogP) is 2.67. The Bertz CT molecular complexity index is 304. The van der Waals surface area contributed by atoms with Crippen molar-refractivity contribution >= 4 is 0 Å². The fourth-order valence-electron chi connectivity index (χ4n) is 2.13. The van der Waals surface area contributed by atoms with E-state index < -0.39 is 0 Å². The fraction of sp³-hybridized carbons (Fsp3) is 0.800. The van der Waals surface area contributed by atoms with Gasteiger partial charge in [-0.05, 0) is 31.6 Å². The minimum Gasteiger partial charge on any atom is -0.339 e. The van der Waals surface area contributed by atoms with Gasteiger partial charge in [-0.1, -0.05) is 19.0 Å². The Kier molecular flexibility index (Phi) is 1.90. The summed E-state index contributed by atoms with van der Waals surface area (Å²) in [6.45, 7) is 6.47. The van der Waals surface area contributed by atoms with Gasteiger partial charge < -0.3 is 4.52 Å². The van der Waals surface area contributed by atoms with Crippen LogP contribution in [0.3, 0.4) is 0 Å². The van der Waals surface area contributed by atoms with Crippen molar-refractivity contribution in [2.24, 2.45) is 5.41 Å². The molecule has 1 unspecified atom stereocenters. The maximum atomic E-state index is 5.18.